The van der Waals surface area contributed by atoms with E-state index in [2.05, 4.69) is 10.3 Å². The minimum Gasteiger partial charge on any atom is -0.366 e. The van der Waals surface area contributed by atoms with Crippen LogP contribution in [0.1, 0.15) is 12.0 Å². The van der Waals surface area contributed by atoms with Crippen LogP contribution in [0.5, 0.6) is 0 Å². The van der Waals surface area contributed by atoms with E-state index in [4.69, 9.17) is 11.6 Å². The number of rotatable bonds is 3. The first kappa shape index (κ1) is 14.8. The van der Waals surface area contributed by atoms with Crippen molar-refractivity contribution in [3.63, 3.8) is 0 Å². The summed E-state index contributed by atoms with van der Waals surface area (Å²) in [6.07, 6.45) is 0.932. The molecule has 0 aliphatic carbocycles. The monoisotopic (exact) mass is 322 g/mol. The van der Waals surface area contributed by atoms with E-state index in [0.29, 0.717) is 18.9 Å². The molecule has 22 heavy (non-hydrogen) atoms. The number of nitrogens with one attached hydrogen (secondary N) is 1. The molecule has 1 aromatic carbocycles. The van der Waals surface area contributed by atoms with E-state index >= 15 is 0 Å². The van der Waals surface area contributed by atoms with Crippen LogP contribution in [0, 0.1) is 5.82 Å². The fourth-order valence-corrected chi connectivity index (χ4v) is 2.65. The molecule has 1 aliphatic rings. The highest BCUT2D eigenvalue weighted by Gasteiger charge is 2.16. The van der Waals surface area contributed by atoms with Gasteiger partial charge in [-0.15, -0.1) is 0 Å². The van der Waals surface area contributed by atoms with Gasteiger partial charge in [-0.2, -0.15) is 4.98 Å². The fourth-order valence-electron chi connectivity index (χ4n) is 2.53. The van der Waals surface area contributed by atoms with Crippen LogP contribution in [0.2, 0.25) is 5.02 Å². The van der Waals surface area contributed by atoms with Gasteiger partial charge in [-0.1, -0.05) is 17.7 Å². The average Bonchev–Trinajstić information content (AvgIpc) is 2.50. The summed E-state index contributed by atoms with van der Waals surface area (Å²) in [6, 6.07) is 6.45. The zero-order valence-electron chi connectivity index (χ0n) is 12.1. The molecule has 0 saturated carbocycles. The highest BCUT2D eigenvalue weighted by molar-refractivity contribution is 6.30. The van der Waals surface area contributed by atoms with E-state index in [0.717, 1.165) is 24.3 Å². The van der Waals surface area contributed by atoms with Crippen molar-refractivity contribution in [2.75, 3.05) is 23.8 Å². The number of halogens is 2. The minimum absolute atomic E-state index is 0.0931. The molecule has 1 N–H and O–H groups in total. The molecule has 2 aromatic rings. The number of benzene rings is 1. The van der Waals surface area contributed by atoms with Gasteiger partial charge in [0, 0.05) is 32.7 Å². The minimum atomic E-state index is -0.459. The highest BCUT2D eigenvalue weighted by Crippen LogP contribution is 2.20. The topological polar surface area (TPSA) is 50.2 Å². The fraction of sp³-hybridized carbons (Fsp3) is 0.333. The van der Waals surface area contributed by atoms with Gasteiger partial charge in [0.15, 0.2) is 0 Å². The van der Waals surface area contributed by atoms with Crippen LogP contribution >= 0.6 is 11.6 Å². The number of anilines is 2. The van der Waals surface area contributed by atoms with Gasteiger partial charge in [-0.3, -0.25) is 4.57 Å². The Kier molecular flexibility index (Phi) is 4.02. The maximum Gasteiger partial charge on any atom is 0.351 e. The average molecular weight is 323 g/mol. The third-order valence-electron chi connectivity index (χ3n) is 3.71. The van der Waals surface area contributed by atoms with Crippen molar-refractivity contribution >= 4 is 23.2 Å². The lowest BCUT2D eigenvalue weighted by Gasteiger charge is -2.28. The molecule has 0 unspecified atom stereocenters. The second-order valence-corrected chi connectivity index (χ2v) is 5.72. The summed E-state index contributed by atoms with van der Waals surface area (Å²) in [5.41, 5.74) is 0.462. The molecule has 0 spiro atoms. The lowest BCUT2D eigenvalue weighted by Crippen LogP contribution is -2.36. The van der Waals surface area contributed by atoms with E-state index in [-0.39, 0.29) is 10.7 Å². The van der Waals surface area contributed by atoms with Crippen molar-refractivity contribution in [3.8, 4) is 0 Å². The predicted molar refractivity (Wildman–Crippen MR) is 85.1 cm³/mol. The van der Waals surface area contributed by atoms with Crippen LogP contribution in [0.25, 0.3) is 0 Å². The van der Waals surface area contributed by atoms with Gasteiger partial charge in [0.25, 0.3) is 0 Å². The summed E-state index contributed by atoms with van der Waals surface area (Å²) in [7, 11) is 1.95. The zero-order chi connectivity index (χ0) is 15.7. The van der Waals surface area contributed by atoms with E-state index in [9.17, 15) is 9.18 Å². The standard InChI is InChI=1S/C15H16ClFN4O/c1-20-5-2-6-21-14(20)8-13(19-15(21)22)18-9-10-3-4-11(16)12(17)7-10/h3-4,7-8H,2,5-6,9H2,1H3,(H,18,19,22). The Hall–Kier alpha value is -2.08. The molecule has 2 heterocycles. The predicted octanol–water partition coefficient (Wildman–Crippen LogP) is 2.49. The lowest BCUT2D eigenvalue weighted by atomic mass is 10.2. The largest absolute Gasteiger partial charge is 0.366 e. The smallest absolute Gasteiger partial charge is 0.351 e. The molecule has 5 nitrogen and oxygen atoms in total. The summed E-state index contributed by atoms with van der Waals surface area (Å²) < 4.78 is 15.1. The van der Waals surface area contributed by atoms with Crippen LogP contribution in [0.4, 0.5) is 16.0 Å². The quantitative estimate of drug-likeness (QED) is 0.943. The summed E-state index contributed by atoms with van der Waals surface area (Å²) in [5.74, 6) is 0.871. The Morgan fingerprint density at radius 1 is 1.36 bits per heavy atom. The Balaban J connectivity index is 1.81. The summed E-state index contributed by atoms with van der Waals surface area (Å²) in [5, 5.41) is 3.15. The molecule has 0 amide bonds. The Bertz CT molecular complexity index is 762. The Morgan fingerprint density at radius 3 is 2.95 bits per heavy atom. The molecule has 0 bridgehead atoms. The van der Waals surface area contributed by atoms with E-state index < -0.39 is 5.82 Å². The van der Waals surface area contributed by atoms with Crippen LogP contribution < -0.4 is 15.9 Å². The van der Waals surface area contributed by atoms with Gasteiger partial charge in [0.2, 0.25) is 0 Å². The van der Waals surface area contributed by atoms with Crippen LogP contribution in [-0.4, -0.2) is 23.1 Å². The Morgan fingerprint density at radius 2 is 2.18 bits per heavy atom. The van der Waals surface area contributed by atoms with Crippen LogP contribution in [0.3, 0.4) is 0 Å². The van der Waals surface area contributed by atoms with Gasteiger partial charge < -0.3 is 10.2 Å². The lowest BCUT2D eigenvalue weighted by molar-refractivity contribution is 0.555. The summed E-state index contributed by atoms with van der Waals surface area (Å²) in [4.78, 5) is 18.1. The molecule has 0 fully saturated rings. The van der Waals surface area contributed by atoms with E-state index in [1.54, 1.807) is 10.6 Å². The second-order valence-electron chi connectivity index (χ2n) is 5.31. The highest BCUT2D eigenvalue weighted by atomic mass is 35.5. The van der Waals surface area contributed by atoms with Crippen molar-refractivity contribution in [2.24, 2.45) is 0 Å². The molecule has 3 rings (SSSR count). The summed E-state index contributed by atoms with van der Waals surface area (Å²) >= 11 is 5.66. The summed E-state index contributed by atoms with van der Waals surface area (Å²) in [6.45, 7) is 1.97. The second kappa shape index (κ2) is 5.96. The molecule has 0 saturated heterocycles. The van der Waals surface area contributed by atoms with Gasteiger partial charge in [0.1, 0.15) is 17.5 Å². The number of hydrogen-bond donors (Lipinski definition) is 1. The molecule has 7 heteroatoms. The van der Waals surface area contributed by atoms with Gasteiger partial charge in [0.05, 0.1) is 5.02 Å². The van der Waals surface area contributed by atoms with E-state index in [1.165, 1.54) is 12.1 Å². The van der Waals surface area contributed by atoms with Gasteiger partial charge >= 0.3 is 5.69 Å². The third kappa shape index (κ3) is 2.92. The van der Waals surface area contributed by atoms with Gasteiger partial charge in [-0.25, -0.2) is 9.18 Å². The maximum absolute atomic E-state index is 13.4. The van der Waals surface area contributed by atoms with Crippen molar-refractivity contribution in [1.82, 2.24) is 9.55 Å². The van der Waals surface area contributed by atoms with Crippen molar-refractivity contribution in [3.05, 3.63) is 51.2 Å². The third-order valence-corrected chi connectivity index (χ3v) is 4.02. The molecule has 116 valence electrons. The van der Waals surface area contributed by atoms with Crippen LogP contribution in [-0.2, 0) is 13.1 Å². The SMILES string of the molecule is CN1CCCn2c1cc(NCc1ccc(Cl)c(F)c1)nc2=O. The van der Waals surface area contributed by atoms with Crippen molar-refractivity contribution in [2.45, 2.75) is 19.5 Å². The number of fused-ring (bicyclic) bond motifs is 1. The van der Waals surface area contributed by atoms with E-state index in [1.807, 2.05) is 18.0 Å². The molecule has 1 aromatic heterocycles. The molecule has 1 aliphatic heterocycles. The van der Waals surface area contributed by atoms with Gasteiger partial charge in [-0.05, 0) is 24.1 Å². The maximum atomic E-state index is 13.4. The number of nitrogens with zero attached hydrogens (tertiary/aromatic N) is 3. The Labute approximate surface area is 132 Å². The van der Waals surface area contributed by atoms with Crippen molar-refractivity contribution < 1.29 is 4.39 Å². The zero-order valence-corrected chi connectivity index (χ0v) is 12.9. The normalized spacial score (nSPS) is 13.9. The molecular weight excluding hydrogens is 307 g/mol. The van der Waals surface area contributed by atoms with Crippen LogP contribution in [0.15, 0.2) is 29.1 Å². The molecule has 0 radical (unpaired) electrons. The first-order valence-electron chi connectivity index (χ1n) is 7.05. The number of aromatic nitrogens is 2. The molecule has 0 atom stereocenters. The first-order chi connectivity index (χ1) is 10.5. The van der Waals surface area contributed by atoms with Crippen molar-refractivity contribution in [1.29, 1.82) is 0 Å². The number of hydrogen-bond acceptors (Lipinski definition) is 4. The first-order valence-corrected chi connectivity index (χ1v) is 7.43. The molecular formula is C15H16ClFN4O.